The summed E-state index contributed by atoms with van der Waals surface area (Å²) >= 11 is 0. The number of hydrogen-bond acceptors (Lipinski definition) is 8. The summed E-state index contributed by atoms with van der Waals surface area (Å²) in [5.41, 5.74) is 2.59. The summed E-state index contributed by atoms with van der Waals surface area (Å²) in [7, 11) is 0. The molecule has 0 spiro atoms. The molecule has 0 bridgehead atoms. The van der Waals surface area contributed by atoms with Crippen molar-refractivity contribution in [2.45, 2.75) is 0 Å². The van der Waals surface area contributed by atoms with Crippen LogP contribution in [0.3, 0.4) is 0 Å². The highest BCUT2D eigenvalue weighted by atomic mass is 16.5. The fraction of sp³-hybridized carbons (Fsp3) is 0.444. The highest BCUT2D eigenvalue weighted by molar-refractivity contribution is 5.80. The van der Waals surface area contributed by atoms with E-state index in [2.05, 4.69) is 31.0 Å². The number of fused-ring (bicyclic) bond motifs is 1. The molecule has 5 rings (SSSR count). The van der Waals surface area contributed by atoms with Crippen LogP contribution in [-0.4, -0.2) is 77.8 Å². The van der Waals surface area contributed by atoms with Gasteiger partial charge in [-0.2, -0.15) is 10.1 Å². The van der Waals surface area contributed by atoms with Crippen molar-refractivity contribution in [1.29, 1.82) is 0 Å². The summed E-state index contributed by atoms with van der Waals surface area (Å²) in [4.78, 5) is 18.6. The van der Waals surface area contributed by atoms with Crippen molar-refractivity contribution in [3.05, 3.63) is 24.5 Å². The van der Waals surface area contributed by atoms with Crippen molar-refractivity contribution < 1.29 is 9.47 Å². The molecule has 3 aromatic rings. The molecule has 9 heteroatoms. The second kappa shape index (κ2) is 7.09. The first-order valence-electron chi connectivity index (χ1n) is 9.21. The maximum absolute atomic E-state index is 5.49. The predicted octanol–water partition coefficient (Wildman–Crippen LogP) is 1.09. The molecule has 27 heavy (non-hydrogen) atoms. The van der Waals surface area contributed by atoms with Gasteiger partial charge < -0.3 is 19.3 Å². The topological polar surface area (TPSA) is 92.3 Å². The van der Waals surface area contributed by atoms with Crippen LogP contribution in [-0.2, 0) is 9.47 Å². The number of H-pyrrole nitrogens is 1. The van der Waals surface area contributed by atoms with E-state index in [9.17, 15) is 0 Å². The van der Waals surface area contributed by atoms with Crippen LogP contribution >= 0.6 is 0 Å². The first-order chi connectivity index (χ1) is 13.4. The van der Waals surface area contributed by atoms with E-state index < -0.39 is 0 Å². The normalized spacial score (nSPS) is 18.2. The number of ether oxygens (including phenoxy) is 2. The minimum absolute atomic E-state index is 0.697. The molecule has 0 aromatic carbocycles. The van der Waals surface area contributed by atoms with Crippen molar-refractivity contribution in [2.75, 3.05) is 62.4 Å². The Morgan fingerprint density at radius 3 is 2.37 bits per heavy atom. The van der Waals surface area contributed by atoms with Crippen molar-refractivity contribution >= 4 is 22.8 Å². The highest BCUT2D eigenvalue weighted by Crippen LogP contribution is 2.27. The summed E-state index contributed by atoms with van der Waals surface area (Å²) in [5.74, 6) is 1.67. The fourth-order valence-electron chi connectivity index (χ4n) is 3.41. The van der Waals surface area contributed by atoms with Gasteiger partial charge in [0.25, 0.3) is 0 Å². The summed E-state index contributed by atoms with van der Waals surface area (Å²) in [6.45, 7) is 6.08. The van der Waals surface area contributed by atoms with Crippen molar-refractivity contribution in [3.63, 3.8) is 0 Å². The van der Waals surface area contributed by atoms with Crippen molar-refractivity contribution in [1.82, 2.24) is 25.1 Å². The number of aromatic nitrogens is 5. The van der Waals surface area contributed by atoms with Crippen LogP contribution in [0.5, 0.6) is 0 Å². The molecule has 0 atom stereocenters. The number of hydrogen-bond donors (Lipinski definition) is 1. The molecule has 0 amide bonds. The van der Waals surface area contributed by atoms with Gasteiger partial charge in [-0.25, -0.2) is 9.97 Å². The lowest BCUT2D eigenvalue weighted by Crippen LogP contribution is -2.39. The molecule has 2 aliphatic rings. The first kappa shape index (κ1) is 16.4. The third kappa shape index (κ3) is 3.31. The van der Waals surface area contributed by atoms with E-state index in [1.807, 2.05) is 12.3 Å². The van der Waals surface area contributed by atoms with Crippen LogP contribution in [0.15, 0.2) is 24.5 Å². The molecule has 9 nitrogen and oxygen atoms in total. The lowest BCUT2D eigenvalue weighted by atomic mass is 10.1. The molecule has 0 aliphatic carbocycles. The van der Waals surface area contributed by atoms with Crippen molar-refractivity contribution in [3.8, 4) is 11.3 Å². The third-order valence-electron chi connectivity index (χ3n) is 4.92. The van der Waals surface area contributed by atoms with E-state index in [0.29, 0.717) is 13.2 Å². The number of rotatable bonds is 3. The lowest BCUT2D eigenvalue weighted by Gasteiger charge is -2.31. The molecule has 0 radical (unpaired) electrons. The second-order valence-corrected chi connectivity index (χ2v) is 6.64. The largest absolute Gasteiger partial charge is 0.378 e. The molecule has 0 unspecified atom stereocenters. The maximum atomic E-state index is 5.49. The molecule has 140 valence electrons. The zero-order valence-corrected chi connectivity index (χ0v) is 15.0. The van der Waals surface area contributed by atoms with Crippen molar-refractivity contribution in [2.24, 2.45) is 0 Å². The van der Waals surface area contributed by atoms with Crippen LogP contribution in [0.25, 0.3) is 22.3 Å². The van der Waals surface area contributed by atoms with E-state index >= 15 is 0 Å². The number of nitrogens with zero attached hydrogens (tertiary/aromatic N) is 6. The monoisotopic (exact) mass is 367 g/mol. The number of anilines is 2. The highest BCUT2D eigenvalue weighted by Gasteiger charge is 2.20. The Bertz CT molecular complexity index is 896. The molecule has 3 aromatic heterocycles. The Balaban J connectivity index is 1.57. The van der Waals surface area contributed by atoms with E-state index in [-0.39, 0.29) is 0 Å². The van der Waals surface area contributed by atoms with Crippen LogP contribution in [0.1, 0.15) is 0 Å². The van der Waals surface area contributed by atoms with Gasteiger partial charge in [-0.05, 0) is 6.07 Å². The quantitative estimate of drug-likeness (QED) is 0.735. The Morgan fingerprint density at radius 1 is 0.852 bits per heavy atom. The average molecular weight is 367 g/mol. The van der Waals surface area contributed by atoms with E-state index in [1.54, 1.807) is 6.20 Å². The zero-order chi connectivity index (χ0) is 18.1. The van der Waals surface area contributed by atoms with Gasteiger partial charge in [0.05, 0.1) is 38.3 Å². The second-order valence-electron chi connectivity index (χ2n) is 6.64. The Kier molecular flexibility index (Phi) is 4.30. The molecule has 5 heterocycles. The summed E-state index contributed by atoms with van der Waals surface area (Å²) in [6, 6.07) is 4.10. The number of morpholine rings is 2. The van der Waals surface area contributed by atoms with Crippen LogP contribution in [0, 0.1) is 0 Å². The van der Waals surface area contributed by atoms with Crippen LogP contribution in [0.2, 0.25) is 0 Å². The van der Waals surface area contributed by atoms with Crippen LogP contribution in [0.4, 0.5) is 11.8 Å². The Hall–Kier alpha value is -2.78. The number of aromatic amines is 1. The van der Waals surface area contributed by atoms with Crippen LogP contribution < -0.4 is 9.80 Å². The smallest absolute Gasteiger partial charge is 0.228 e. The zero-order valence-electron chi connectivity index (χ0n) is 15.0. The fourth-order valence-corrected chi connectivity index (χ4v) is 3.41. The Morgan fingerprint density at radius 2 is 1.59 bits per heavy atom. The molecule has 1 N–H and O–H groups in total. The maximum Gasteiger partial charge on any atom is 0.228 e. The van der Waals surface area contributed by atoms with Gasteiger partial charge in [0.15, 0.2) is 5.65 Å². The third-order valence-corrected chi connectivity index (χ3v) is 4.92. The van der Waals surface area contributed by atoms with E-state index in [0.717, 1.165) is 73.4 Å². The van der Waals surface area contributed by atoms with Gasteiger partial charge in [-0.1, -0.05) is 0 Å². The molecule has 2 saturated heterocycles. The molecule has 2 aliphatic heterocycles. The molecule has 0 saturated carbocycles. The van der Waals surface area contributed by atoms with Gasteiger partial charge in [0.2, 0.25) is 5.95 Å². The van der Waals surface area contributed by atoms with E-state index in [1.165, 1.54) is 0 Å². The van der Waals surface area contributed by atoms with E-state index in [4.69, 9.17) is 19.4 Å². The minimum atomic E-state index is 0.697. The van der Waals surface area contributed by atoms with Gasteiger partial charge in [-0.3, -0.25) is 5.10 Å². The summed E-state index contributed by atoms with van der Waals surface area (Å²) < 4.78 is 11.0. The average Bonchev–Trinajstić information content (AvgIpc) is 3.22. The first-order valence-corrected chi connectivity index (χ1v) is 9.21. The summed E-state index contributed by atoms with van der Waals surface area (Å²) in [6.07, 6.45) is 3.60. The number of pyridine rings is 1. The molecular weight excluding hydrogens is 346 g/mol. The SMILES string of the molecule is c1nc2[nH]ncc2cc1-c1cc(N2CCOCC2)nc(N2CCOCC2)n1. The lowest BCUT2D eigenvalue weighted by molar-refractivity contribution is 0.121. The number of nitrogens with one attached hydrogen (secondary N) is 1. The Labute approximate surface area is 156 Å². The predicted molar refractivity (Wildman–Crippen MR) is 101 cm³/mol. The van der Waals surface area contributed by atoms with Gasteiger partial charge in [0, 0.05) is 49.4 Å². The molecular formula is C18H21N7O2. The van der Waals surface area contributed by atoms with Gasteiger partial charge in [0.1, 0.15) is 5.82 Å². The summed E-state index contributed by atoms with van der Waals surface area (Å²) in [5, 5.41) is 7.90. The van der Waals surface area contributed by atoms with Gasteiger partial charge >= 0.3 is 0 Å². The standard InChI is InChI=1S/C18H21N7O2/c1-5-26-6-2-24(1)16-10-15(13-9-14-12-20-23-17(14)19-11-13)21-18(22-16)25-3-7-27-8-4-25/h9-12H,1-8H2,(H,19,20,23). The molecule has 2 fully saturated rings. The van der Waals surface area contributed by atoms with Gasteiger partial charge in [-0.15, -0.1) is 0 Å². The minimum Gasteiger partial charge on any atom is -0.378 e.